The second-order valence-corrected chi connectivity index (χ2v) is 4.92. The Bertz CT molecular complexity index is 455. The van der Waals surface area contributed by atoms with Gasteiger partial charge in [0, 0.05) is 0 Å². The van der Waals surface area contributed by atoms with E-state index in [2.05, 4.69) is 5.48 Å². The summed E-state index contributed by atoms with van der Waals surface area (Å²) in [6.45, 7) is 0. The second kappa shape index (κ2) is 7.14. The van der Waals surface area contributed by atoms with Crippen molar-refractivity contribution in [2.45, 2.75) is 38.2 Å². The van der Waals surface area contributed by atoms with Crippen LogP contribution in [-0.2, 0) is 16.1 Å². The van der Waals surface area contributed by atoms with E-state index in [1.54, 1.807) is 26.4 Å². The third-order valence-corrected chi connectivity index (χ3v) is 3.45. The van der Waals surface area contributed by atoms with Gasteiger partial charge in [-0.3, -0.25) is 9.63 Å². The Morgan fingerprint density at radius 2 is 1.90 bits per heavy atom. The second-order valence-electron chi connectivity index (χ2n) is 4.92. The number of hydrogen-bond donors (Lipinski definition) is 1. The first-order valence-corrected chi connectivity index (χ1v) is 6.88. The summed E-state index contributed by atoms with van der Waals surface area (Å²) in [7, 11) is 3.16. The van der Waals surface area contributed by atoms with Crippen molar-refractivity contribution in [2.24, 2.45) is 0 Å². The van der Waals surface area contributed by atoms with E-state index in [0.717, 1.165) is 18.4 Å². The lowest BCUT2D eigenvalue weighted by molar-refractivity contribution is -0.137. The molecule has 1 N–H and O–H groups in total. The van der Waals surface area contributed by atoms with Crippen molar-refractivity contribution in [1.82, 2.24) is 5.48 Å². The van der Waals surface area contributed by atoms with Gasteiger partial charge in [0.15, 0.2) is 11.5 Å². The molecular formula is C15H21NO4. The van der Waals surface area contributed by atoms with E-state index in [4.69, 9.17) is 14.3 Å². The van der Waals surface area contributed by atoms with Gasteiger partial charge in [0.2, 0.25) is 5.91 Å². The number of hydrogen-bond acceptors (Lipinski definition) is 4. The molecule has 110 valence electrons. The van der Waals surface area contributed by atoms with E-state index >= 15 is 0 Å². The Morgan fingerprint density at radius 3 is 2.55 bits per heavy atom. The van der Waals surface area contributed by atoms with Crippen LogP contribution in [0.5, 0.6) is 11.5 Å². The molecule has 1 aromatic carbocycles. The zero-order valence-corrected chi connectivity index (χ0v) is 12.0. The van der Waals surface area contributed by atoms with E-state index in [0.29, 0.717) is 11.5 Å². The van der Waals surface area contributed by atoms with Gasteiger partial charge in [-0.2, -0.15) is 0 Å². The first-order valence-electron chi connectivity index (χ1n) is 6.88. The number of amides is 1. The van der Waals surface area contributed by atoms with E-state index in [9.17, 15) is 4.79 Å². The fourth-order valence-electron chi connectivity index (χ4n) is 2.37. The molecule has 0 spiro atoms. The Hall–Kier alpha value is -1.75. The Kier molecular flexibility index (Phi) is 5.24. The monoisotopic (exact) mass is 279 g/mol. The van der Waals surface area contributed by atoms with Crippen molar-refractivity contribution in [1.29, 1.82) is 0 Å². The third-order valence-electron chi connectivity index (χ3n) is 3.45. The van der Waals surface area contributed by atoms with E-state index in [1.165, 1.54) is 12.8 Å². The standard InChI is InChI=1S/C15H21NO4/c1-18-13-8-7-11(9-14(13)19-2)10-15(17)16-20-12-5-3-4-6-12/h7-9,12H,3-6,10H2,1-2H3,(H,16,17). The summed E-state index contributed by atoms with van der Waals surface area (Å²) < 4.78 is 10.4. The topological polar surface area (TPSA) is 56.8 Å². The minimum Gasteiger partial charge on any atom is -0.493 e. The molecule has 0 saturated heterocycles. The van der Waals surface area contributed by atoms with Crippen molar-refractivity contribution < 1.29 is 19.1 Å². The fraction of sp³-hybridized carbons (Fsp3) is 0.533. The first kappa shape index (κ1) is 14.7. The maximum Gasteiger partial charge on any atom is 0.247 e. The highest BCUT2D eigenvalue weighted by Gasteiger charge is 2.17. The Balaban J connectivity index is 1.86. The van der Waals surface area contributed by atoms with Crippen molar-refractivity contribution in [3.8, 4) is 11.5 Å². The molecule has 1 amide bonds. The zero-order valence-electron chi connectivity index (χ0n) is 12.0. The highest BCUT2D eigenvalue weighted by molar-refractivity contribution is 5.77. The summed E-state index contributed by atoms with van der Waals surface area (Å²) in [6, 6.07) is 5.43. The van der Waals surface area contributed by atoms with Crippen LogP contribution in [0.2, 0.25) is 0 Å². The van der Waals surface area contributed by atoms with E-state index in [-0.39, 0.29) is 18.4 Å². The van der Waals surface area contributed by atoms with Gasteiger partial charge in [-0.15, -0.1) is 0 Å². The molecule has 20 heavy (non-hydrogen) atoms. The number of hydroxylamine groups is 1. The van der Waals surface area contributed by atoms with Crippen LogP contribution in [0.25, 0.3) is 0 Å². The zero-order chi connectivity index (χ0) is 14.4. The maximum absolute atomic E-state index is 11.8. The summed E-state index contributed by atoms with van der Waals surface area (Å²) in [5.41, 5.74) is 3.38. The minimum absolute atomic E-state index is 0.149. The molecule has 5 heteroatoms. The van der Waals surface area contributed by atoms with Crippen molar-refractivity contribution in [3.63, 3.8) is 0 Å². The fourth-order valence-corrected chi connectivity index (χ4v) is 2.37. The molecular weight excluding hydrogens is 258 g/mol. The summed E-state index contributed by atoms with van der Waals surface area (Å²) >= 11 is 0. The molecule has 1 aliphatic carbocycles. The number of nitrogens with one attached hydrogen (secondary N) is 1. The quantitative estimate of drug-likeness (QED) is 0.811. The highest BCUT2D eigenvalue weighted by Crippen LogP contribution is 2.27. The number of methoxy groups -OCH3 is 2. The predicted molar refractivity (Wildman–Crippen MR) is 74.7 cm³/mol. The normalized spacial score (nSPS) is 15.1. The molecule has 1 fully saturated rings. The molecule has 0 aliphatic heterocycles. The van der Waals surface area contributed by atoms with Crippen LogP contribution in [0.3, 0.4) is 0 Å². The Labute approximate surface area is 119 Å². The van der Waals surface area contributed by atoms with E-state index in [1.807, 2.05) is 6.07 Å². The third kappa shape index (κ3) is 3.87. The number of benzene rings is 1. The van der Waals surface area contributed by atoms with Crippen LogP contribution in [-0.4, -0.2) is 26.2 Å². The maximum atomic E-state index is 11.8. The van der Waals surface area contributed by atoms with Crippen LogP contribution in [0.15, 0.2) is 18.2 Å². The lowest BCUT2D eigenvalue weighted by Crippen LogP contribution is -2.29. The summed E-state index contributed by atoms with van der Waals surface area (Å²) in [4.78, 5) is 17.2. The van der Waals surface area contributed by atoms with Crippen molar-refractivity contribution in [3.05, 3.63) is 23.8 Å². The first-order chi connectivity index (χ1) is 9.72. The summed E-state index contributed by atoms with van der Waals surface area (Å²) in [5.74, 6) is 1.12. The molecule has 0 bridgehead atoms. The molecule has 1 aliphatic rings. The molecule has 0 heterocycles. The van der Waals surface area contributed by atoms with Gasteiger partial charge in [-0.1, -0.05) is 18.9 Å². The number of rotatable bonds is 6. The number of carbonyl (C=O) groups excluding carboxylic acids is 1. The largest absolute Gasteiger partial charge is 0.493 e. The van der Waals surface area contributed by atoms with Crippen LogP contribution >= 0.6 is 0 Å². The van der Waals surface area contributed by atoms with Gasteiger partial charge in [0.05, 0.1) is 26.7 Å². The lowest BCUT2D eigenvalue weighted by Gasteiger charge is -2.12. The molecule has 2 rings (SSSR count). The molecule has 1 aromatic rings. The van der Waals surface area contributed by atoms with Crippen LogP contribution in [0.1, 0.15) is 31.2 Å². The SMILES string of the molecule is COc1ccc(CC(=O)NOC2CCCC2)cc1OC. The molecule has 0 atom stereocenters. The molecule has 5 nitrogen and oxygen atoms in total. The predicted octanol–water partition coefficient (Wildman–Crippen LogP) is 2.24. The van der Waals surface area contributed by atoms with Crippen molar-refractivity contribution >= 4 is 5.91 Å². The van der Waals surface area contributed by atoms with Gasteiger partial charge < -0.3 is 9.47 Å². The van der Waals surface area contributed by atoms with Gasteiger partial charge in [0.1, 0.15) is 0 Å². The highest BCUT2D eigenvalue weighted by atomic mass is 16.7. The van der Waals surface area contributed by atoms with Crippen LogP contribution < -0.4 is 15.0 Å². The average Bonchev–Trinajstić information content (AvgIpc) is 2.98. The van der Waals surface area contributed by atoms with Crippen LogP contribution in [0, 0.1) is 0 Å². The summed E-state index contributed by atoms with van der Waals surface area (Å²) in [6.07, 6.45) is 4.83. The molecule has 0 unspecified atom stereocenters. The van der Waals surface area contributed by atoms with Gasteiger partial charge in [0.25, 0.3) is 0 Å². The summed E-state index contributed by atoms with van der Waals surface area (Å²) in [5, 5.41) is 0. The van der Waals surface area contributed by atoms with Gasteiger partial charge >= 0.3 is 0 Å². The van der Waals surface area contributed by atoms with Crippen LogP contribution in [0.4, 0.5) is 0 Å². The number of carbonyl (C=O) groups is 1. The Morgan fingerprint density at radius 1 is 1.20 bits per heavy atom. The molecule has 1 saturated carbocycles. The van der Waals surface area contributed by atoms with Crippen molar-refractivity contribution in [2.75, 3.05) is 14.2 Å². The van der Waals surface area contributed by atoms with Gasteiger partial charge in [-0.25, -0.2) is 5.48 Å². The van der Waals surface area contributed by atoms with E-state index < -0.39 is 0 Å². The number of ether oxygens (including phenoxy) is 2. The molecule has 0 radical (unpaired) electrons. The molecule has 0 aromatic heterocycles. The minimum atomic E-state index is -0.149. The smallest absolute Gasteiger partial charge is 0.247 e. The lowest BCUT2D eigenvalue weighted by atomic mass is 10.1. The van der Waals surface area contributed by atoms with Gasteiger partial charge in [-0.05, 0) is 30.5 Å². The average molecular weight is 279 g/mol.